The Hall–Kier alpha value is -1.08. The summed E-state index contributed by atoms with van der Waals surface area (Å²) in [7, 11) is 0. The van der Waals surface area contributed by atoms with E-state index in [0.29, 0.717) is 11.7 Å². The van der Waals surface area contributed by atoms with Gasteiger partial charge in [0.05, 0.1) is 0 Å². The molecule has 0 saturated heterocycles. The highest BCUT2D eigenvalue weighted by atomic mass is 35.6. The van der Waals surface area contributed by atoms with E-state index >= 15 is 0 Å². The summed E-state index contributed by atoms with van der Waals surface area (Å²) >= 11 is 23.1. The van der Waals surface area contributed by atoms with Crippen molar-refractivity contribution in [3.63, 3.8) is 0 Å². The van der Waals surface area contributed by atoms with Gasteiger partial charge in [0.1, 0.15) is 12.0 Å². The van der Waals surface area contributed by atoms with Gasteiger partial charge in [-0.1, -0.05) is 66.2 Å². The van der Waals surface area contributed by atoms with Crippen molar-refractivity contribution in [2.45, 2.75) is 42.1 Å². The lowest BCUT2D eigenvalue weighted by molar-refractivity contribution is -0.117. The molecular formula is C17H21Cl3N4OS. The van der Waals surface area contributed by atoms with E-state index in [1.807, 2.05) is 12.1 Å². The van der Waals surface area contributed by atoms with Gasteiger partial charge in [0.15, 0.2) is 5.11 Å². The number of alkyl halides is 3. The summed E-state index contributed by atoms with van der Waals surface area (Å²) in [5.41, 5.74) is 0. The molecule has 0 radical (unpaired) electrons. The van der Waals surface area contributed by atoms with E-state index in [1.54, 1.807) is 18.3 Å². The fraction of sp³-hybridized carbons (Fsp3) is 0.471. The minimum atomic E-state index is -1.79. The van der Waals surface area contributed by atoms with Crippen molar-refractivity contribution in [3.05, 3.63) is 36.5 Å². The number of carbonyl (C=O) groups excluding carboxylic acids is 1. The van der Waals surface area contributed by atoms with Crippen LogP contribution in [0.25, 0.3) is 0 Å². The molecule has 0 aliphatic heterocycles. The van der Waals surface area contributed by atoms with E-state index in [1.165, 1.54) is 25.3 Å². The summed E-state index contributed by atoms with van der Waals surface area (Å²) < 4.78 is -1.79. The van der Waals surface area contributed by atoms with Gasteiger partial charge in [-0.05, 0) is 49.2 Å². The zero-order chi connectivity index (χ0) is 19.0. The van der Waals surface area contributed by atoms with Gasteiger partial charge >= 0.3 is 0 Å². The first kappa shape index (κ1) is 21.2. The second kappa shape index (κ2) is 10.3. The van der Waals surface area contributed by atoms with E-state index < -0.39 is 9.96 Å². The lowest BCUT2D eigenvalue weighted by atomic mass is 9.89. The predicted molar refractivity (Wildman–Crippen MR) is 112 cm³/mol. The van der Waals surface area contributed by atoms with Crippen LogP contribution in [-0.4, -0.2) is 26.0 Å². The van der Waals surface area contributed by atoms with Crippen LogP contribution in [0.15, 0.2) is 36.5 Å². The molecule has 1 aliphatic carbocycles. The standard InChI is InChI=1S/C17H21Cl3N4OS/c18-17(19,20)15(24-16(26)22-13-8-4-5-11-21-13)23-14(25)10-9-12-6-2-1-3-7-12/h4-5,8-12,15H,1-3,6-7H2,(H,23,25)(H2,21,22,24,26)/b10-9+. The maximum atomic E-state index is 12.2. The number of nitrogens with one attached hydrogen (secondary N) is 3. The lowest BCUT2D eigenvalue weighted by Crippen LogP contribution is -2.55. The van der Waals surface area contributed by atoms with Crippen molar-refractivity contribution in [2.75, 3.05) is 5.32 Å². The molecule has 9 heteroatoms. The predicted octanol–water partition coefficient (Wildman–Crippen LogP) is 4.32. The monoisotopic (exact) mass is 434 g/mol. The molecule has 0 spiro atoms. The van der Waals surface area contributed by atoms with E-state index in [-0.39, 0.29) is 11.0 Å². The van der Waals surface area contributed by atoms with Crippen LogP contribution < -0.4 is 16.0 Å². The van der Waals surface area contributed by atoms with Gasteiger partial charge in [-0.3, -0.25) is 4.79 Å². The molecule has 1 unspecified atom stereocenters. The van der Waals surface area contributed by atoms with E-state index in [2.05, 4.69) is 20.9 Å². The normalized spacial score (nSPS) is 16.9. The summed E-state index contributed by atoms with van der Waals surface area (Å²) in [4.78, 5) is 16.3. The number of aromatic nitrogens is 1. The zero-order valence-corrected chi connectivity index (χ0v) is 17.1. The molecule has 142 valence electrons. The molecule has 0 bridgehead atoms. The number of carbonyl (C=O) groups is 1. The van der Waals surface area contributed by atoms with Crippen LogP contribution in [0.1, 0.15) is 32.1 Å². The summed E-state index contributed by atoms with van der Waals surface area (Å²) in [5.74, 6) is 0.622. The molecule has 1 aromatic rings. The summed E-state index contributed by atoms with van der Waals surface area (Å²) in [6, 6.07) is 5.33. The third-order valence-corrected chi connectivity index (χ3v) is 4.84. The van der Waals surface area contributed by atoms with Crippen molar-refractivity contribution < 1.29 is 4.79 Å². The van der Waals surface area contributed by atoms with Crippen molar-refractivity contribution in [1.29, 1.82) is 0 Å². The van der Waals surface area contributed by atoms with Gasteiger partial charge in [-0.2, -0.15) is 0 Å². The average Bonchev–Trinajstić information content (AvgIpc) is 2.60. The summed E-state index contributed by atoms with van der Waals surface area (Å²) in [5, 5.41) is 8.47. The number of pyridine rings is 1. The van der Waals surface area contributed by atoms with Gasteiger partial charge in [-0.25, -0.2) is 4.98 Å². The quantitative estimate of drug-likeness (QED) is 0.278. The fourth-order valence-corrected chi connectivity index (χ4v) is 3.21. The summed E-state index contributed by atoms with van der Waals surface area (Å²) in [6.45, 7) is 0. The molecule has 1 saturated carbocycles. The minimum Gasteiger partial charge on any atom is -0.339 e. The van der Waals surface area contributed by atoms with Crippen LogP contribution in [0.4, 0.5) is 5.82 Å². The fourth-order valence-electron chi connectivity index (χ4n) is 2.66. The third kappa shape index (κ3) is 7.66. The summed E-state index contributed by atoms with van der Waals surface area (Å²) in [6.07, 6.45) is 9.91. The Balaban J connectivity index is 1.90. The van der Waals surface area contributed by atoms with Crippen LogP contribution in [0.3, 0.4) is 0 Å². The molecule has 1 atom stereocenters. The number of amides is 1. The van der Waals surface area contributed by atoms with Crippen LogP contribution in [0.5, 0.6) is 0 Å². The Bertz CT molecular complexity index is 631. The molecule has 1 fully saturated rings. The molecule has 2 rings (SSSR count). The number of anilines is 1. The van der Waals surface area contributed by atoms with Gasteiger partial charge in [0.2, 0.25) is 9.70 Å². The number of nitrogens with zero attached hydrogens (tertiary/aromatic N) is 1. The highest BCUT2D eigenvalue weighted by Gasteiger charge is 2.34. The second-order valence-electron chi connectivity index (χ2n) is 6.05. The van der Waals surface area contributed by atoms with Gasteiger partial charge in [0, 0.05) is 6.20 Å². The highest BCUT2D eigenvalue weighted by Crippen LogP contribution is 2.29. The molecule has 5 nitrogen and oxygen atoms in total. The topological polar surface area (TPSA) is 66.1 Å². The first-order chi connectivity index (χ1) is 12.3. The Kier molecular flexibility index (Phi) is 8.41. The number of allylic oxidation sites excluding steroid dienone is 1. The Morgan fingerprint density at radius 1 is 1.23 bits per heavy atom. The molecule has 1 heterocycles. The zero-order valence-electron chi connectivity index (χ0n) is 14.1. The van der Waals surface area contributed by atoms with Crippen molar-refractivity contribution in [3.8, 4) is 0 Å². The Morgan fingerprint density at radius 3 is 2.58 bits per heavy atom. The maximum absolute atomic E-state index is 12.2. The van der Waals surface area contributed by atoms with Crippen molar-refractivity contribution in [2.24, 2.45) is 5.92 Å². The van der Waals surface area contributed by atoms with Gasteiger partial charge in [-0.15, -0.1) is 0 Å². The molecule has 1 amide bonds. The number of hydrogen-bond acceptors (Lipinski definition) is 3. The van der Waals surface area contributed by atoms with Crippen molar-refractivity contribution >= 4 is 63.9 Å². The number of rotatable bonds is 5. The number of thiocarbonyl (C=S) groups is 1. The van der Waals surface area contributed by atoms with Crippen LogP contribution in [-0.2, 0) is 4.79 Å². The smallest absolute Gasteiger partial charge is 0.245 e. The molecular weight excluding hydrogens is 415 g/mol. The van der Waals surface area contributed by atoms with Crippen LogP contribution in [0.2, 0.25) is 0 Å². The van der Waals surface area contributed by atoms with Crippen molar-refractivity contribution in [1.82, 2.24) is 15.6 Å². The van der Waals surface area contributed by atoms with Gasteiger partial charge in [0.25, 0.3) is 0 Å². The van der Waals surface area contributed by atoms with Gasteiger partial charge < -0.3 is 16.0 Å². The van der Waals surface area contributed by atoms with Crippen LogP contribution in [0, 0.1) is 5.92 Å². The highest BCUT2D eigenvalue weighted by molar-refractivity contribution is 7.80. The van der Waals surface area contributed by atoms with Crippen LogP contribution >= 0.6 is 47.0 Å². The van der Waals surface area contributed by atoms with E-state index in [4.69, 9.17) is 47.0 Å². The molecule has 3 N–H and O–H groups in total. The Labute approximate surface area is 173 Å². The first-order valence-electron chi connectivity index (χ1n) is 8.38. The van der Waals surface area contributed by atoms with E-state index in [9.17, 15) is 4.79 Å². The first-order valence-corrected chi connectivity index (χ1v) is 9.93. The van der Waals surface area contributed by atoms with E-state index in [0.717, 1.165) is 12.8 Å². The minimum absolute atomic E-state index is 0.177. The SMILES string of the molecule is O=C(/C=C/C1CCCCC1)NC(NC(=S)Nc1ccccn1)C(Cl)(Cl)Cl. The third-order valence-electron chi connectivity index (χ3n) is 3.97. The molecule has 0 aromatic carbocycles. The average molecular weight is 436 g/mol. The molecule has 1 aliphatic rings. The second-order valence-corrected chi connectivity index (χ2v) is 8.83. The molecule has 26 heavy (non-hydrogen) atoms. The maximum Gasteiger partial charge on any atom is 0.245 e. The largest absolute Gasteiger partial charge is 0.339 e. The number of halogens is 3. The molecule has 1 aromatic heterocycles. The number of hydrogen-bond donors (Lipinski definition) is 3. The lowest BCUT2D eigenvalue weighted by Gasteiger charge is -2.27. The Morgan fingerprint density at radius 2 is 1.96 bits per heavy atom.